The molecular weight excluding hydrogens is 466 g/mol. The molecule has 3 aliphatic heterocycles. The summed E-state index contributed by atoms with van der Waals surface area (Å²) < 4.78 is 6.48. The summed E-state index contributed by atoms with van der Waals surface area (Å²) in [5.74, 6) is 0.617. The number of ether oxygens (including phenoxy) is 1. The number of nitrogens with one attached hydrogen (secondary N) is 1. The summed E-state index contributed by atoms with van der Waals surface area (Å²) in [6.45, 7) is 7.01. The molecule has 0 radical (unpaired) electrons. The molecule has 1 aromatic heterocycles. The number of aryl methyl sites for hydroxylation is 1. The Bertz CT molecular complexity index is 1250. The van der Waals surface area contributed by atoms with E-state index in [0.717, 1.165) is 49.0 Å². The number of carbonyl (C=O) groups is 2. The first-order valence-electron chi connectivity index (χ1n) is 13.5. The van der Waals surface area contributed by atoms with Crippen molar-refractivity contribution in [1.82, 2.24) is 14.8 Å². The fourth-order valence-corrected chi connectivity index (χ4v) is 7.41. The van der Waals surface area contributed by atoms with Crippen LogP contribution in [0.3, 0.4) is 0 Å². The molecule has 4 heterocycles. The van der Waals surface area contributed by atoms with Crippen LogP contribution in [0.4, 0.5) is 11.5 Å². The Balaban J connectivity index is 1.18. The SMILES string of the molecule is CCc1cc(NC(=O)C(=O)N2C[C@@H](C)CCC2c2ccc3c(c2)CC2(CC4(CN(C)C4)C2)O3)cnc1N. The molecule has 37 heavy (non-hydrogen) atoms. The van der Waals surface area contributed by atoms with Gasteiger partial charge in [0.2, 0.25) is 0 Å². The molecule has 196 valence electrons. The maximum Gasteiger partial charge on any atom is 0.313 e. The molecule has 1 unspecified atom stereocenters. The number of amides is 2. The highest BCUT2D eigenvalue weighted by Gasteiger charge is 2.62. The standard InChI is InChI=1S/C29H37N5O3/c1-4-19-10-22(12-31-25(19)30)32-26(35)27(36)34-13-18(2)5-7-23(34)20-6-8-24-21(9-20)11-29(37-24)14-28(15-29)16-33(3)17-28/h6,8-10,12,18,23H,4-5,7,11,13-17H2,1-3H3,(H2,30,31)(H,32,35)/t18-,23?/m0/s1. The Hall–Kier alpha value is -3.13. The van der Waals surface area contributed by atoms with E-state index in [1.54, 1.807) is 11.0 Å². The first-order chi connectivity index (χ1) is 17.7. The van der Waals surface area contributed by atoms with Gasteiger partial charge in [0.05, 0.1) is 17.9 Å². The van der Waals surface area contributed by atoms with E-state index in [4.69, 9.17) is 10.5 Å². The number of likely N-dealkylation sites (tertiary alicyclic amines) is 2. The zero-order chi connectivity index (χ0) is 25.9. The van der Waals surface area contributed by atoms with Gasteiger partial charge in [-0.15, -0.1) is 0 Å². The molecule has 8 nitrogen and oxygen atoms in total. The number of hydrogen-bond donors (Lipinski definition) is 2. The fraction of sp³-hybridized carbons (Fsp3) is 0.552. The van der Waals surface area contributed by atoms with Gasteiger partial charge in [-0.3, -0.25) is 9.59 Å². The lowest BCUT2D eigenvalue weighted by Gasteiger charge is -2.62. The molecule has 2 amide bonds. The van der Waals surface area contributed by atoms with E-state index in [9.17, 15) is 9.59 Å². The molecule has 6 rings (SSSR count). The third kappa shape index (κ3) is 4.25. The van der Waals surface area contributed by atoms with Gasteiger partial charge in [-0.1, -0.05) is 19.9 Å². The monoisotopic (exact) mass is 503 g/mol. The van der Waals surface area contributed by atoms with Crippen molar-refractivity contribution in [1.29, 1.82) is 0 Å². The summed E-state index contributed by atoms with van der Waals surface area (Å²) in [6.07, 6.45) is 7.24. The van der Waals surface area contributed by atoms with E-state index in [1.165, 1.54) is 24.8 Å². The van der Waals surface area contributed by atoms with Crippen LogP contribution >= 0.6 is 0 Å². The van der Waals surface area contributed by atoms with E-state index in [2.05, 4.69) is 47.4 Å². The second-order valence-electron chi connectivity index (χ2n) is 12.1. The number of aromatic nitrogens is 1. The number of nitrogens with two attached hydrogens (primary N) is 1. The molecule has 2 atom stereocenters. The average Bonchev–Trinajstić information content (AvgIpc) is 3.22. The number of piperidine rings is 1. The number of pyridine rings is 1. The molecular formula is C29H37N5O3. The second-order valence-corrected chi connectivity index (χ2v) is 12.1. The lowest BCUT2D eigenvalue weighted by molar-refractivity contribution is -0.161. The Labute approximate surface area is 218 Å². The highest BCUT2D eigenvalue weighted by atomic mass is 16.5. The van der Waals surface area contributed by atoms with E-state index >= 15 is 0 Å². The summed E-state index contributed by atoms with van der Waals surface area (Å²) in [5, 5.41) is 2.75. The topological polar surface area (TPSA) is 101 Å². The number of fused-ring (bicyclic) bond motifs is 1. The van der Waals surface area contributed by atoms with Crippen molar-refractivity contribution in [3.63, 3.8) is 0 Å². The summed E-state index contributed by atoms with van der Waals surface area (Å²) in [5.41, 5.74) is 9.94. The van der Waals surface area contributed by atoms with E-state index in [0.29, 0.717) is 35.8 Å². The van der Waals surface area contributed by atoms with Crippen molar-refractivity contribution in [3.8, 4) is 5.75 Å². The third-order valence-electron chi connectivity index (χ3n) is 8.83. The molecule has 8 heteroatoms. The van der Waals surface area contributed by atoms with Crippen LogP contribution in [0.1, 0.15) is 62.3 Å². The number of nitrogen functional groups attached to an aromatic ring is 1. The van der Waals surface area contributed by atoms with Crippen LogP contribution in [0.25, 0.3) is 0 Å². The van der Waals surface area contributed by atoms with Crippen LogP contribution in [-0.4, -0.2) is 58.9 Å². The Morgan fingerprint density at radius 1 is 1.22 bits per heavy atom. The van der Waals surface area contributed by atoms with Crippen molar-refractivity contribution in [2.24, 2.45) is 11.3 Å². The van der Waals surface area contributed by atoms with Gasteiger partial charge in [-0.2, -0.15) is 0 Å². The van der Waals surface area contributed by atoms with Crippen LogP contribution in [0.2, 0.25) is 0 Å². The molecule has 1 aromatic carbocycles. The summed E-state index contributed by atoms with van der Waals surface area (Å²) in [7, 11) is 2.18. The van der Waals surface area contributed by atoms with Gasteiger partial charge in [-0.05, 0) is 80.0 Å². The number of nitrogens with zero attached hydrogens (tertiary/aromatic N) is 3. The van der Waals surface area contributed by atoms with Crippen molar-refractivity contribution < 1.29 is 14.3 Å². The van der Waals surface area contributed by atoms with Crippen molar-refractivity contribution >= 4 is 23.3 Å². The molecule has 2 spiro atoms. The van der Waals surface area contributed by atoms with Crippen LogP contribution in [0, 0.1) is 11.3 Å². The van der Waals surface area contributed by atoms with E-state index < -0.39 is 11.8 Å². The van der Waals surface area contributed by atoms with Crippen LogP contribution in [0.5, 0.6) is 5.75 Å². The molecule has 0 bridgehead atoms. The third-order valence-corrected chi connectivity index (χ3v) is 8.83. The molecule has 1 saturated carbocycles. The molecule has 4 aliphatic rings. The average molecular weight is 504 g/mol. The van der Waals surface area contributed by atoms with Gasteiger partial charge < -0.3 is 25.6 Å². The molecule has 3 N–H and O–H groups in total. The highest BCUT2D eigenvalue weighted by Crippen LogP contribution is 2.59. The zero-order valence-corrected chi connectivity index (χ0v) is 22.0. The normalized spacial score (nSPS) is 25.2. The molecule has 1 aliphatic carbocycles. The quantitative estimate of drug-likeness (QED) is 0.621. The van der Waals surface area contributed by atoms with Gasteiger partial charge in [-0.25, -0.2) is 4.98 Å². The van der Waals surface area contributed by atoms with E-state index in [1.807, 2.05) is 6.92 Å². The van der Waals surface area contributed by atoms with E-state index in [-0.39, 0.29) is 11.6 Å². The van der Waals surface area contributed by atoms with Crippen molar-refractivity contribution in [2.75, 3.05) is 37.7 Å². The van der Waals surface area contributed by atoms with Gasteiger partial charge in [0, 0.05) is 31.5 Å². The number of hydrogen-bond acceptors (Lipinski definition) is 6. The van der Waals surface area contributed by atoms with Gasteiger partial charge in [0.25, 0.3) is 0 Å². The maximum absolute atomic E-state index is 13.4. The number of anilines is 2. The van der Waals surface area contributed by atoms with Crippen molar-refractivity contribution in [3.05, 3.63) is 47.2 Å². The first-order valence-corrected chi connectivity index (χ1v) is 13.5. The lowest BCUT2D eigenvalue weighted by Crippen LogP contribution is -2.68. The minimum atomic E-state index is -0.638. The summed E-state index contributed by atoms with van der Waals surface area (Å²) in [4.78, 5) is 34.7. The zero-order valence-electron chi connectivity index (χ0n) is 22.0. The minimum absolute atomic E-state index is 0.0524. The molecule has 2 saturated heterocycles. The van der Waals surface area contributed by atoms with Crippen LogP contribution in [0.15, 0.2) is 30.5 Å². The first kappa shape index (κ1) is 24.2. The highest BCUT2D eigenvalue weighted by molar-refractivity contribution is 6.39. The molecule has 3 fully saturated rings. The largest absolute Gasteiger partial charge is 0.487 e. The Morgan fingerprint density at radius 2 is 2.00 bits per heavy atom. The van der Waals surface area contributed by atoms with Gasteiger partial charge in [0.1, 0.15) is 17.2 Å². The second kappa shape index (κ2) is 8.72. The summed E-state index contributed by atoms with van der Waals surface area (Å²) in [6, 6.07) is 8.04. The summed E-state index contributed by atoms with van der Waals surface area (Å²) >= 11 is 0. The predicted molar refractivity (Wildman–Crippen MR) is 142 cm³/mol. The minimum Gasteiger partial charge on any atom is -0.487 e. The lowest BCUT2D eigenvalue weighted by atomic mass is 9.54. The number of rotatable bonds is 3. The van der Waals surface area contributed by atoms with Crippen LogP contribution < -0.4 is 15.8 Å². The maximum atomic E-state index is 13.4. The van der Waals surface area contributed by atoms with Crippen LogP contribution in [-0.2, 0) is 22.4 Å². The predicted octanol–water partition coefficient (Wildman–Crippen LogP) is 3.56. The Kier molecular flexibility index (Phi) is 5.71. The van der Waals surface area contributed by atoms with Gasteiger partial charge in [0.15, 0.2) is 0 Å². The number of benzene rings is 1. The molecule has 2 aromatic rings. The Morgan fingerprint density at radius 3 is 2.73 bits per heavy atom. The fourth-order valence-electron chi connectivity index (χ4n) is 7.41. The van der Waals surface area contributed by atoms with Crippen molar-refractivity contribution in [2.45, 2.75) is 64.0 Å². The van der Waals surface area contributed by atoms with Gasteiger partial charge >= 0.3 is 11.8 Å². The number of carbonyl (C=O) groups excluding carboxylic acids is 2. The smallest absolute Gasteiger partial charge is 0.313 e.